The molecule has 0 bridgehead atoms. The zero-order valence-electron chi connectivity index (χ0n) is 30.3. The molecule has 0 aromatic heterocycles. The summed E-state index contributed by atoms with van der Waals surface area (Å²) in [6.45, 7) is 15.3. The van der Waals surface area contributed by atoms with Crippen LogP contribution in [0.4, 0.5) is 4.79 Å². The molecule has 4 aliphatic rings. The van der Waals surface area contributed by atoms with Gasteiger partial charge in [0.2, 0.25) is 5.96 Å². The minimum Gasteiger partial charge on any atom is -0.492 e. The molecule has 2 aromatic rings. The predicted octanol–water partition coefficient (Wildman–Crippen LogP) is 6.91. The predicted molar refractivity (Wildman–Crippen MR) is 202 cm³/mol. The second-order valence-corrected chi connectivity index (χ2v) is 18.2. The number of urea groups is 1. The van der Waals surface area contributed by atoms with E-state index in [9.17, 15) is 8.42 Å². The van der Waals surface area contributed by atoms with E-state index in [1.807, 2.05) is 80.3 Å². The number of halogens is 2. The number of benzene rings is 2. The van der Waals surface area contributed by atoms with Crippen LogP contribution in [0.25, 0.3) is 0 Å². The van der Waals surface area contributed by atoms with E-state index >= 15 is 4.79 Å². The molecule has 2 fully saturated rings. The summed E-state index contributed by atoms with van der Waals surface area (Å²) in [7, 11) is -2.96. The molecule has 2 aromatic carbocycles. The highest BCUT2D eigenvalue weighted by Crippen LogP contribution is 2.52. The number of aliphatic imine (C=N–C) groups is 1. The molecule has 0 spiro atoms. The van der Waals surface area contributed by atoms with Crippen LogP contribution in [-0.2, 0) is 30.4 Å². The lowest BCUT2D eigenvalue weighted by Gasteiger charge is -2.48. The molecule has 51 heavy (non-hydrogen) atoms. The SMILES string of the molecule is CCOC1=C(NC2=N[C@@](C)(c3ccc(Cl)cc3)[C@@](C)(c3ccc(Cl)cc3)N2C(=O)N2CCN(C3CCS(=O)(=O)CC3)CC2)COC(C(C)(C)C)=C1. The van der Waals surface area contributed by atoms with E-state index in [2.05, 4.69) is 31.0 Å². The topological polar surface area (TPSA) is 104 Å². The van der Waals surface area contributed by atoms with E-state index in [0.717, 1.165) is 16.9 Å². The zero-order valence-corrected chi connectivity index (χ0v) is 32.7. The molecular weight excluding hydrogens is 709 g/mol. The van der Waals surface area contributed by atoms with Crippen LogP contribution in [-0.4, -0.2) is 92.0 Å². The molecule has 276 valence electrons. The van der Waals surface area contributed by atoms with Crippen molar-refractivity contribution in [2.75, 3.05) is 50.9 Å². The van der Waals surface area contributed by atoms with Crippen molar-refractivity contribution in [3.8, 4) is 0 Å². The van der Waals surface area contributed by atoms with Crippen LogP contribution in [0.1, 0.15) is 65.5 Å². The first-order chi connectivity index (χ1) is 24.1. The molecule has 0 radical (unpaired) electrons. The molecule has 0 unspecified atom stereocenters. The number of carbonyl (C=O) groups is 1. The Bertz CT molecular complexity index is 1820. The Hall–Kier alpha value is -3.25. The van der Waals surface area contributed by atoms with Gasteiger partial charge in [-0.1, -0.05) is 68.2 Å². The number of amides is 2. The minimum absolute atomic E-state index is 0.191. The third-order valence-electron chi connectivity index (χ3n) is 10.8. The highest BCUT2D eigenvalue weighted by Gasteiger charge is 2.60. The Morgan fingerprint density at radius 3 is 2.08 bits per heavy atom. The van der Waals surface area contributed by atoms with Crippen molar-refractivity contribution in [3.05, 3.63) is 93.0 Å². The Balaban J connectivity index is 1.42. The van der Waals surface area contributed by atoms with Crippen LogP contribution in [0.2, 0.25) is 10.0 Å². The van der Waals surface area contributed by atoms with Gasteiger partial charge in [-0.3, -0.25) is 9.80 Å². The summed E-state index contributed by atoms with van der Waals surface area (Å²) in [6, 6.07) is 15.2. The summed E-state index contributed by atoms with van der Waals surface area (Å²) in [5.41, 5.74) is 0.159. The molecule has 2 amide bonds. The summed E-state index contributed by atoms with van der Waals surface area (Å²) in [6.07, 6.45) is 3.17. The molecule has 1 N–H and O–H groups in total. The van der Waals surface area contributed by atoms with Crippen LogP contribution >= 0.6 is 23.2 Å². The quantitative estimate of drug-likeness (QED) is 0.342. The van der Waals surface area contributed by atoms with Crippen molar-refractivity contribution < 1.29 is 22.7 Å². The maximum atomic E-state index is 15.1. The molecule has 10 nitrogen and oxygen atoms in total. The number of rotatable bonds is 6. The molecule has 2 atom stereocenters. The number of hydrogen-bond donors (Lipinski definition) is 1. The van der Waals surface area contributed by atoms with Gasteiger partial charge in [0.15, 0.2) is 0 Å². The van der Waals surface area contributed by atoms with Crippen LogP contribution in [0.3, 0.4) is 0 Å². The van der Waals surface area contributed by atoms with E-state index in [0.29, 0.717) is 73.1 Å². The molecule has 4 aliphatic heterocycles. The first kappa shape index (κ1) is 37.5. The average Bonchev–Trinajstić information content (AvgIpc) is 3.32. The maximum absolute atomic E-state index is 15.1. The van der Waals surface area contributed by atoms with E-state index in [1.165, 1.54) is 0 Å². The first-order valence-electron chi connectivity index (χ1n) is 17.7. The Kier molecular flexibility index (Phi) is 10.5. The number of carbonyl (C=O) groups excluding carboxylic acids is 1. The van der Waals surface area contributed by atoms with Crippen molar-refractivity contribution >= 4 is 45.0 Å². The highest BCUT2D eigenvalue weighted by atomic mass is 35.5. The lowest BCUT2D eigenvalue weighted by Crippen LogP contribution is -2.62. The fourth-order valence-corrected chi connectivity index (χ4v) is 9.27. The summed E-state index contributed by atoms with van der Waals surface area (Å²) < 4.78 is 36.6. The minimum atomic E-state index is -2.96. The van der Waals surface area contributed by atoms with Gasteiger partial charge in [0, 0.05) is 53.8 Å². The molecule has 6 rings (SSSR count). The van der Waals surface area contributed by atoms with Gasteiger partial charge in [0.1, 0.15) is 39.0 Å². The monoisotopic (exact) mass is 757 g/mol. The van der Waals surface area contributed by atoms with Crippen molar-refractivity contribution in [2.45, 2.75) is 71.5 Å². The van der Waals surface area contributed by atoms with Crippen LogP contribution < -0.4 is 5.32 Å². The van der Waals surface area contributed by atoms with Gasteiger partial charge in [-0.15, -0.1) is 0 Å². The maximum Gasteiger partial charge on any atom is 0.327 e. The van der Waals surface area contributed by atoms with E-state index in [-0.39, 0.29) is 35.6 Å². The van der Waals surface area contributed by atoms with Gasteiger partial charge in [-0.05, 0) is 69.0 Å². The normalized spacial score (nSPS) is 26.0. The number of piperazine rings is 1. The molecule has 0 aliphatic carbocycles. The Labute approximate surface area is 312 Å². The largest absolute Gasteiger partial charge is 0.492 e. The number of guanidine groups is 1. The van der Waals surface area contributed by atoms with Crippen molar-refractivity contribution in [2.24, 2.45) is 10.4 Å². The van der Waals surface area contributed by atoms with Crippen molar-refractivity contribution in [3.63, 3.8) is 0 Å². The number of ether oxygens (including phenoxy) is 2. The highest BCUT2D eigenvalue weighted by molar-refractivity contribution is 7.91. The third kappa shape index (κ3) is 7.36. The average molecular weight is 759 g/mol. The summed E-state index contributed by atoms with van der Waals surface area (Å²) in [5, 5.41) is 4.72. The number of nitrogens with one attached hydrogen (secondary N) is 1. The van der Waals surface area contributed by atoms with Gasteiger partial charge in [0.25, 0.3) is 0 Å². The summed E-state index contributed by atoms with van der Waals surface area (Å²) in [4.78, 5) is 26.5. The number of allylic oxidation sites excluding steroid dienone is 2. The van der Waals surface area contributed by atoms with E-state index in [4.69, 9.17) is 37.7 Å². The molecule has 13 heteroatoms. The standard InChI is InChI=1S/C38H49Cl2N5O5S/c1-7-49-32-24-33(36(2,3)4)50-25-31(32)41-34-42-37(5,26-8-12-28(39)13-9-26)38(6,27-10-14-29(40)15-11-27)45(34)35(46)44-20-18-43(19-21-44)30-16-22-51(47,48)23-17-30/h8-15,24,30H,7,16-23,25H2,1-6H3,(H,41,42)/t37-,38+/m0/s1. The van der Waals surface area contributed by atoms with Gasteiger partial charge in [0.05, 0.1) is 23.8 Å². The molecular formula is C38H49Cl2N5O5S. The lowest BCUT2D eigenvalue weighted by molar-refractivity contribution is 0.0711. The van der Waals surface area contributed by atoms with Crippen LogP contribution in [0.5, 0.6) is 0 Å². The van der Waals surface area contributed by atoms with Gasteiger partial charge in [-0.2, -0.15) is 0 Å². The lowest BCUT2D eigenvalue weighted by atomic mass is 9.71. The molecule has 0 saturated carbocycles. The fourth-order valence-electron chi connectivity index (χ4n) is 7.55. The molecule has 2 saturated heterocycles. The zero-order chi connectivity index (χ0) is 36.8. The number of nitrogens with zero attached hydrogens (tertiary/aromatic N) is 4. The molecule has 4 heterocycles. The van der Waals surface area contributed by atoms with Crippen molar-refractivity contribution in [1.29, 1.82) is 0 Å². The fraction of sp³-hybridized carbons (Fsp3) is 0.526. The van der Waals surface area contributed by atoms with Crippen LogP contribution in [0.15, 0.2) is 76.8 Å². The first-order valence-corrected chi connectivity index (χ1v) is 20.3. The number of hydrogen-bond acceptors (Lipinski definition) is 8. The summed E-state index contributed by atoms with van der Waals surface area (Å²) in [5.74, 6) is 2.25. The Morgan fingerprint density at radius 2 is 1.53 bits per heavy atom. The second kappa shape index (κ2) is 14.3. The van der Waals surface area contributed by atoms with Gasteiger partial charge in [-0.25, -0.2) is 18.2 Å². The summed E-state index contributed by atoms with van der Waals surface area (Å²) >= 11 is 12.8. The van der Waals surface area contributed by atoms with E-state index in [1.54, 1.807) is 4.90 Å². The van der Waals surface area contributed by atoms with Crippen molar-refractivity contribution in [1.82, 2.24) is 20.0 Å². The Morgan fingerprint density at radius 1 is 0.961 bits per heavy atom. The van der Waals surface area contributed by atoms with Gasteiger partial charge < -0.3 is 19.7 Å². The smallest absolute Gasteiger partial charge is 0.327 e. The third-order valence-corrected chi connectivity index (χ3v) is 13.0. The number of sulfone groups is 1. The van der Waals surface area contributed by atoms with Gasteiger partial charge >= 0.3 is 6.03 Å². The van der Waals surface area contributed by atoms with Crippen LogP contribution in [0, 0.1) is 5.41 Å². The van der Waals surface area contributed by atoms with E-state index < -0.39 is 20.9 Å². The second-order valence-electron chi connectivity index (χ2n) is 15.1.